The SMILES string of the molecule is NOC(=O)c1cc(Cl)cc2ccn(Cc3ccc(Cl)cc3)c12. The lowest BCUT2D eigenvalue weighted by atomic mass is 10.1. The molecule has 6 heteroatoms. The van der Waals surface area contributed by atoms with Crippen LogP contribution in [0.1, 0.15) is 15.9 Å². The Morgan fingerprint density at radius 3 is 2.50 bits per heavy atom. The van der Waals surface area contributed by atoms with Gasteiger partial charge in [-0.05, 0) is 35.9 Å². The molecule has 0 amide bonds. The predicted molar refractivity (Wildman–Crippen MR) is 87.1 cm³/mol. The number of fused-ring (bicyclic) bond motifs is 1. The summed E-state index contributed by atoms with van der Waals surface area (Å²) in [6, 6.07) is 12.8. The lowest BCUT2D eigenvalue weighted by Crippen LogP contribution is -2.12. The molecule has 0 spiro atoms. The van der Waals surface area contributed by atoms with Crippen LogP contribution in [0.5, 0.6) is 0 Å². The van der Waals surface area contributed by atoms with E-state index in [9.17, 15) is 4.79 Å². The summed E-state index contributed by atoms with van der Waals surface area (Å²) in [5.41, 5.74) is 2.13. The summed E-state index contributed by atoms with van der Waals surface area (Å²) in [4.78, 5) is 16.3. The lowest BCUT2D eigenvalue weighted by molar-refractivity contribution is 0.0505. The van der Waals surface area contributed by atoms with Crippen molar-refractivity contribution in [1.82, 2.24) is 4.57 Å². The molecule has 112 valence electrons. The number of aromatic nitrogens is 1. The number of hydrogen-bond acceptors (Lipinski definition) is 3. The molecule has 0 radical (unpaired) electrons. The van der Waals surface area contributed by atoms with Crippen molar-refractivity contribution in [3.63, 3.8) is 0 Å². The maximum Gasteiger partial charge on any atom is 0.358 e. The molecule has 0 saturated carbocycles. The Morgan fingerprint density at radius 1 is 1.09 bits per heavy atom. The van der Waals surface area contributed by atoms with Crippen LogP contribution in [0.2, 0.25) is 10.0 Å². The Kier molecular flexibility index (Phi) is 4.07. The molecule has 3 rings (SSSR count). The van der Waals surface area contributed by atoms with Gasteiger partial charge in [-0.3, -0.25) is 0 Å². The van der Waals surface area contributed by atoms with E-state index in [1.54, 1.807) is 12.1 Å². The average Bonchev–Trinajstić information content (AvgIpc) is 2.90. The minimum absolute atomic E-state index is 0.337. The minimum Gasteiger partial charge on any atom is -0.370 e. The third-order valence-corrected chi connectivity index (χ3v) is 3.89. The van der Waals surface area contributed by atoms with E-state index in [1.807, 2.05) is 41.1 Å². The first kappa shape index (κ1) is 14.9. The van der Waals surface area contributed by atoms with Gasteiger partial charge in [0.05, 0.1) is 11.1 Å². The van der Waals surface area contributed by atoms with Gasteiger partial charge in [0.15, 0.2) is 0 Å². The minimum atomic E-state index is -0.622. The van der Waals surface area contributed by atoms with Gasteiger partial charge in [-0.15, -0.1) is 0 Å². The van der Waals surface area contributed by atoms with Crippen molar-refractivity contribution in [1.29, 1.82) is 0 Å². The fraction of sp³-hybridized carbons (Fsp3) is 0.0625. The average molecular weight is 335 g/mol. The Morgan fingerprint density at radius 2 is 1.82 bits per heavy atom. The molecule has 4 nitrogen and oxygen atoms in total. The monoisotopic (exact) mass is 334 g/mol. The van der Waals surface area contributed by atoms with Crippen molar-refractivity contribution in [2.24, 2.45) is 5.90 Å². The van der Waals surface area contributed by atoms with Gasteiger partial charge in [0, 0.05) is 28.2 Å². The summed E-state index contributed by atoms with van der Waals surface area (Å²) in [6.07, 6.45) is 1.89. The highest BCUT2D eigenvalue weighted by atomic mass is 35.5. The van der Waals surface area contributed by atoms with Gasteiger partial charge in [0.25, 0.3) is 0 Å². The van der Waals surface area contributed by atoms with E-state index >= 15 is 0 Å². The normalized spacial score (nSPS) is 10.9. The molecular formula is C16H12Cl2N2O2. The van der Waals surface area contributed by atoms with Gasteiger partial charge in [0.1, 0.15) is 0 Å². The first-order valence-electron chi connectivity index (χ1n) is 6.52. The van der Waals surface area contributed by atoms with Crippen LogP contribution in [0, 0.1) is 0 Å². The quantitative estimate of drug-likeness (QED) is 0.735. The molecule has 0 bridgehead atoms. The van der Waals surface area contributed by atoms with E-state index in [2.05, 4.69) is 4.84 Å². The Bertz CT molecular complexity index is 841. The molecule has 0 unspecified atom stereocenters. The van der Waals surface area contributed by atoms with Crippen LogP contribution in [0.3, 0.4) is 0 Å². The summed E-state index contributed by atoms with van der Waals surface area (Å²) in [5.74, 6) is 4.39. The van der Waals surface area contributed by atoms with Crippen LogP contribution >= 0.6 is 23.2 Å². The van der Waals surface area contributed by atoms with Crippen LogP contribution in [0.25, 0.3) is 10.9 Å². The second kappa shape index (κ2) is 6.01. The van der Waals surface area contributed by atoms with Crippen molar-refractivity contribution >= 4 is 40.1 Å². The van der Waals surface area contributed by atoms with Crippen LogP contribution in [0.15, 0.2) is 48.7 Å². The van der Waals surface area contributed by atoms with Gasteiger partial charge < -0.3 is 9.40 Å². The number of benzene rings is 2. The largest absolute Gasteiger partial charge is 0.370 e. The standard InChI is InChI=1S/C16H12Cl2N2O2/c17-12-3-1-10(2-4-12)9-20-6-5-11-7-13(18)8-14(15(11)20)16(21)22-19/h1-8H,9,19H2. The Hall–Kier alpha value is -2.01. The molecule has 0 fully saturated rings. The second-order valence-electron chi connectivity index (χ2n) is 4.87. The fourth-order valence-corrected chi connectivity index (χ4v) is 2.80. The molecule has 0 aliphatic heterocycles. The molecule has 0 saturated heterocycles. The number of hydrogen-bond donors (Lipinski definition) is 1. The van der Waals surface area contributed by atoms with E-state index in [-0.39, 0.29) is 0 Å². The molecular weight excluding hydrogens is 323 g/mol. The van der Waals surface area contributed by atoms with Crippen LogP contribution in [-0.2, 0) is 11.4 Å². The molecule has 2 N–H and O–H groups in total. The van der Waals surface area contributed by atoms with Gasteiger partial charge in [-0.2, -0.15) is 5.90 Å². The molecule has 0 aliphatic rings. The first-order valence-corrected chi connectivity index (χ1v) is 7.28. The molecule has 22 heavy (non-hydrogen) atoms. The zero-order valence-corrected chi connectivity index (χ0v) is 12.9. The van der Waals surface area contributed by atoms with Crippen LogP contribution in [-0.4, -0.2) is 10.5 Å². The number of carbonyl (C=O) groups excluding carboxylic acids is 1. The number of halogens is 2. The van der Waals surface area contributed by atoms with E-state index in [0.717, 1.165) is 16.5 Å². The summed E-state index contributed by atoms with van der Waals surface area (Å²) < 4.78 is 1.95. The molecule has 2 aromatic carbocycles. The van der Waals surface area contributed by atoms with E-state index in [4.69, 9.17) is 29.1 Å². The van der Waals surface area contributed by atoms with Crippen molar-refractivity contribution in [3.8, 4) is 0 Å². The fourth-order valence-electron chi connectivity index (χ4n) is 2.45. The molecule has 0 atom stereocenters. The van der Waals surface area contributed by atoms with Gasteiger partial charge in [0.2, 0.25) is 0 Å². The van der Waals surface area contributed by atoms with Crippen molar-refractivity contribution in [2.75, 3.05) is 0 Å². The first-order chi connectivity index (χ1) is 10.6. The Labute approximate surface area is 136 Å². The van der Waals surface area contributed by atoms with Crippen LogP contribution in [0.4, 0.5) is 0 Å². The highest BCUT2D eigenvalue weighted by Gasteiger charge is 2.16. The van der Waals surface area contributed by atoms with Crippen molar-refractivity contribution < 1.29 is 9.63 Å². The zero-order chi connectivity index (χ0) is 15.7. The highest BCUT2D eigenvalue weighted by molar-refractivity contribution is 6.32. The van der Waals surface area contributed by atoms with Crippen LogP contribution < -0.4 is 5.90 Å². The van der Waals surface area contributed by atoms with E-state index in [0.29, 0.717) is 22.2 Å². The topological polar surface area (TPSA) is 57.2 Å². The lowest BCUT2D eigenvalue weighted by Gasteiger charge is -2.09. The molecule has 0 aliphatic carbocycles. The molecule has 1 heterocycles. The zero-order valence-electron chi connectivity index (χ0n) is 11.4. The smallest absolute Gasteiger partial charge is 0.358 e. The maximum absolute atomic E-state index is 11.9. The molecule has 3 aromatic rings. The number of rotatable bonds is 3. The number of carbonyl (C=O) groups is 1. The van der Waals surface area contributed by atoms with E-state index in [1.165, 1.54) is 0 Å². The summed E-state index contributed by atoms with van der Waals surface area (Å²) in [5, 5.41) is 1.99. The number of nitrogens with two attached hydrogens (primary N) is 1. The Balaban J connectivity index is 2.10. The van der Waals surface area contributed by atoms with Crippen molar-refractivity contribution in [2.45, 2.75) is 6.54 Å². The summed E-state index contributed by atoms with van der Waals surface area (Å²) >= 11 is 11.9. The molecule has 1 aromatic heterocycles. The van der Waals surface area contributed by atoms with Gasteiger partial charge in [-0.25, -0.2) is 4.79 Å². The third-order valence-electron chi connectivity index (χ3n) is 3.42. The third kappa shape index (κ3) is 2.81. The maximum atomic E-state index is 11.9. The summed E-state index contributed by atoms with van der Waals surface area (Å²) in [7, 11) is 0. The van der Waals surface area contributed by atoms with Gasteiger partial charge >= 0.3 is 5.97 Å². The number of nitrogens with zero attached hydrogens (tertiary/aromatic N) is 1. The highest BCUT2D eigenvalue weighted by Crippen LogP contribution is 2.26. The second-order valence-corrected chi connectivity index (χ2v) is 5.74. The van der Waals surface area contributed by atoms with Crippen molar-refractivity contribution in [3.05, 3.63) is 69.8 Å². The van der Waals surface area contributed by atoms with Gasteiger partial charge in [-0.1, -0.05) is 35.3 Å². The summed E-state index contributed by atoms with van der Waals surface area (Å²) in [6.45, 7) is 0.590. The van der Waals surface area contributed by atoms with E-state index < -0.39 is 5.97 Å². The predicted octanol–water partition coefficient (Wildman–Crippen LogP) is 4.03.